The zero-order valence-electron chi connectivity index (χ0n) is 16.5. The molecule has 0 atom stereocenters. The van der Waals surface area contributed by atoms with Crippen LogP contribution in [0.1, 0.15) is 25.0 Å². The molecule has 5 nitrogen and oxygen atoms in total. The van der Waals surface area contributed by atoms with Crippen molar-refractivity contribution in [3.05, 3.63) is 59.7 Å². The minimum absolute atomic E-state index is 0.195. The highest BCUT2D eigenvalue weighted by Gasteiger charge is 2.05. The van der Waals surface area contributed by atoms with Crippen LogP contribution in [0.3, 0.4) is 0 Å². The average Bonchev–Trinajstić information content (AvgIpc) is 2.70. The monoisotopic (exact) mass is 368 g/mol. The Morgan fingerprint density at radius 1 is 1.07 bits per heavy atom. The van der Waals surface area contributed by atoms with Crippen LogP contribution in [-0.4, -0.2) is 38.1 Å². The van der Waals surface area contributed by atoms with Gasteiger partial charge in [0.1, 0.15) is 11.5 Å². The lowest BCUT2D eigenvalue weighted by Crippen LogP contribution is -2.22. The molecule has 27 heavy (non-hydrogen) atoms. The Morgan fingerprint density at radius 2 is 1.85 bits per heavy atom. The molecule has 0 saturated heterocycles. The number of nitrogens with zero attached hydrogens (tertiary/aromatic N) is 1. The van der Waals surface area contributed by atoms with E-state index in [4.69, 9.17) is 9.47 Å². The van der Waals surface area contributed by atoms with Crippen molar-refractivity contribution in [2.45, 2.75) is 20.4 Å². The van der Waals surface area contributed by atoms with Gasteiger partial charge in [-0.25, -0.2) is 0 Å². The Bertz CT molecular complexity index is 783. The van der Waals surface area contributed by atoms with Crippen LogP contribution >= 0.6 is 0 Å². The number of amides is 1. The number of rotatable bonds is 9. The van der Waals surface area contributed by atoms with Gasteiger partial charge in [-0.2, -0.15) is 0 Å². The van der Waals surface area contributed by atoms with Gasteiger partial charge in [0.15, 0.2) is 0 Å². The molecule has 0 aromatic heterocycles. The number of ether oxygens (including phenoxy) is 2. The molecule has 5 heteroatoms. The smallest absolute Gasteiger partial charge is 0.248 e. The van der Waals surface area contributed by atoms with Gasteiger partial charge >= 0.3 is 0 Å². The lowest BCUT2D eigenvalue weighted by atomic mass is 10.1. The predicted molar refractivity (Wildman–Crippen MR) is 110 cm³/mol. The van der Waals surface area contributed by atoms with Crippen LogP contribution in [-0.2, 0) is 11.3 Å². The molecule has 0 spiro atoms. The fraction of sp³-hybridized carbons (Fsp3) is 0.318. The normalized spacial score (nSPS) is 11.0. The van der Waals surface area contributed by atoms with Crippen LogP contribution in [0.2, 0.25) is 0 Å². The minimum Gasteiger partial charge on any atom is -0.497 e. The van der Waals surface area contributed by atoms with Crippen LogP contribution in [0.25, 0.3) is 6.08 Å². The van der Waals surface area contributed by atoms with Gasteiger partial charge in [-0.05, 0) is 55.1 Å². The highest BCUT2D eigenvalue weighted by Crippen LogP contribution is 2.25. The van der Waals surface area contributed by atoms with Crippen molar-refractivity contribution >= 4 is 17.7 Å². The highest BCUT2D eigenvalue weighted by atomic mass is 16.5. The molecule has 0 aliphatic heterocycles. The summed E-state index contributed by atoms with van der Waals surface area (Å²) in [5.41, 5.74) is 2.74. The molecule has 1 amide bonds. The SMILES string of the molecule is CCN(CC)Cc1cccc(NC(=O)/C=C/c2cc(OC)ccc2OC)c1. The highest BCUT2D eigenvalue weighted by molar-refractivity contribution is 6.02. The quantitative estimate of drug-likeness (QED) is 0.674. The second-order valence-electron chi connectivity index (χ2n) is 6.09. The summed E-state index contributed by atoms with van der Waals surface area (Å²) in [6.45, 7) is 7.16. The molecule has 144 valence electrons. The molecule has 2 rings (SSSR count). The Kier molecular flexibility index (Phi) is 7.89. The van der Waals surface area contributed by atoms with Crippen LogP contribution in [0.4, 0.5) is 5.69 Å². The molecular formula is C22H28N2O3. The first-order valence-electron chi connectivity index (χ1n) is 9.12. The summed E-state index contributed by atoms with van der Waals surface area (Å²) in [5.74, 6) is 1.20. The van der Waals surface area contributed by atoms with Crippen molar-refractivity contribution < 1.29 is 14.3 Å². The van der Waals surface area contributed by atoms with Crippen LogP contribution in [0.5, 0.6) is 11.5 Å². The van der Waals surface area contributed by atoms with Gasteiger partial charge in [0.05, 0.1) is 14.2 Å². The van der Waals surface area contributed by atoms with Crippen molar-refractivity contribution in [2.24, 2.45) is 0 Å². The molecule has 0 heterocycles. The zero-order valence-corrected chi connectivity index (χ0v) is 16.5. The van der Waals surface area contributed by atoms with Crippen LogP contribution in [0, 0.1) is 0 Å². The third-order valence-electron chi connectivity index (χ3n) is 4.35. The number of carbonyl (C=O) groups is 1. The molecule has 0 aliphatic rings. The molecule has 2 aromatic rings. The van der Waals surface area contributed by atoms with Crippen molar-refractivity contribution in [1.82, 2.24) is 4.90 Å². The van der Waals surface area contributed by atoms with Gasteiger partial charge in [0.2, 0.25) is 5.91 Å². The van der Waals surface area contributed by atoms with E-state index >= 15 is 0 Å². The van der Waals surface area contributed by atoms with Gasteiger partial charge in [-0.3, -0.25) is 9.69 Å². The van der Waals surface area contributed by atoms with Crippen molar-refractivity contribution in [2.75, 3.05) is 32.6 Å². The summed E-state index contributed by atoms with van der Waals surface area (Å²) in [6, 6.07) is 13.4. The molecule has 0 fully saturated rings. The maximum Gasteiger partial charge on any atom is 0.248 e. The van der Waals surface area contributed by atoms with E-state index in [1.165, 1.54) is 11.6 Å². The van der Waals surface area contributed by atoms with Crippen molar-refractivity contribution in [1.29, 1.82) is 0 Å². The maximum absolute atomic E-state index is 12.3. The Balaban J connectivity index is 2.06. The van der Waals surface area contributed by atoms with E-state index in [1.807, 2.05) is 36.4 Å². The summed E-state index contributed by atoms with van der Waals surface area (Å²) in [7, 11) is 3.20. The van der Waals surface area contributed by atoms with Gasteiger partial charge < -0.3 is 14.8 Å². The van der Waals surface area contributed by atoms with E-state index in [2.05, 4.69) is 30.1 Å². The van der Waals surface area contributed by atoms with Crippen LogP contribution in [0.15, 0.2) is 48.5 Å². The largest absolute Gasteiger partial charge is 0.497 e. The molecule has 0 radical (unpaired) electrons. The summed E-state index contributed by atoms with van der Waals surface area (Å²) in [4.78, 5) is 14.6. The molecule has 0 saturated carbocycles. The topological polar surface area (TPSA) is 50.8 Å². The third kappa shape index (κ3) is 6.15. The number of benzene rings is 2. The van der Waals surface area contributed by atoms with Crippen molar-refractivity contribution in [3.63, 3.8) is 0 Å². The van der Waals surface area contributed by atoms with E-state index in [1.54, 1.807) is 20.3 Å². The van der Waals surface area contributed by atoms with Crippen molar-refractivity contribution in [3.8, 4) is 11.5 Å². The molecular weight excluding hydrogens is 340 g/mol. The van der Waals surface area contributed by atoms with Gasteiger partial charge in [-0.1, -0.05) is 26.0 Å². The molecule has 0 aliphatic carbocycles. The summed E-state index contributed by atoms with van der Waals surface area (Å²) >= 11 is 0. The van der Waals surface area contributed by atoms with E-state index < -0.39 is 0 Å². The number of hydrogen-bond donors (Lipinski definition) is 1. The summed E-state index contributed by atoms with van der Waals surface area (Å²) in [6.07, 6.45) is 3.21. The number of nitrogens with one attached hydrogen (secondary N) is 1. The molecule has 0 bridgehead atoms. The third-order valence-corrected chi connectivity index (χ3v) is 4.35. The first-order chi connectivity index (χ1) is 13.1. The number of methoxy groups -OCH3 is 2. The van der Waals surface area contributed by atoms with Gasteiger partial charge in [0.25, 0.3) is 0 Å². The zero-order chi connectivity index (χ0) is 19.6. The Hall–Kier alpha value is -2.79. The second-order valence-corrected chi connectivity index (χ2v) is 6.09. The first kappa shape index (κ1) is 20.5. The van der Waals surface area contributed by atoms with Gasteiger partial charge in [0, 0.05) is 23.9 Å². The second kappa shape index (κ2) is 10.4. The summed E-state index contributed by atoms with van der Waals surface area (Å²) in [5, 5.41) is 2.91. The fourth-order valence-electron chi connectivity index (χ4n) is 2.77. The van der Waals surface area contributed by atoms with E-state index in [0.717, 1.165) is 30.9 Å². The number of anilines is 1. The average molecular weight is 368 g/mol. The standard InChI is InChI=1S/C22H28N2O3/c1-5-24(6-2)16-17-8-7-9-19(14-17)23-22(25)13-10-18-15-20(26-3)11-12-21(18)27-4/h7-15H,5-6,16H2,1-4H3,(H,23,25)/b13-10+. The minimum atomic E-state index is -0.195. The lowest BCUT2D eigenvalue weighted by Gasteiger charge is -2.18. The Morgan fingerprint density at radius 3 is 2.52 bits per heavy atom. The fourth-order valence-corrected chi connectivity index (χ4v) is 2.77. The number of hydrogen-bond acceptors (Lipinski definition) is 4. The molecule has 1 N–H and O–H groups in total. The lowest BCUT2D eigenvalue weighted by molar-refractivity contribution is -0.111. The summed E-state index contributed by atoms with van der Waals surface area (Å²) < 4.78 is 10.6. The number of carbonyl (C=O) groups excluding carboxylic acids is 1. The maximum atomic E-state index is 12.3. The molecule has 0 unspecified atom stereocenters. The van der Waals surface area contributed by atoms with E-state index in [-0.39, 0.29) is 5.91 Å². The predicted octanol–water partition coefficient (Wildman–Crippen LogP) is 4.20. The van der Waals surface area contributed by atoms with Gasteiger partial charge in [-0.15, -0.1) is 0 Å². The van der Waals surface area contributed by atoms with E-state index in [0.29, 0.717) is 11.5 Å². The molecule has 2 aromatic carbocycles. The Labute approximate surface area is 161 Å². The first-order valence-corrected chi connectivity index (χ1v) is 9.12. The van der Waals surface area contributed by atoms with E-state index in [9.17, 15) is 4.79 Å². The van der Waals surface area contributed by atoms with Crippen LogP contribution < -0.4 is 14.8 Å².